The Hall–Kier alpha value is 0.430. The average Bonchev–Trinajstić information content (AvgIpc) is 2.53. The summed E-state index contributed by atoms with van der Waals surface area (Å²) in [6.07, 6.45) is 15.3. The maximum atomic E-state index is 2.72. The topological polar surface area (TPSA) is 0 Å². The molecule has 2 aliphatic rings. The summed E-state index contributed by atoms with van der Waals surface area (Å²) in [5.74, 6) is 0. The fourth-order valence-corrected chi connectivity index (χ4v) is 9.33. The first kappa shape index (κ1) is 20.4. The van der Waals surface area contributed by atoms with Gasteiger partial charge in [-0.1, -0.05) is 27.7 Å². The van der Waals surface area contributed by atoms with E-state index in [1.165, 1.54) is 38.5 Å². The molecule has 20 heavy (non-hydrogen) atoms. The SMILES string of the molecule is CC.CC.CP(C)(C)(C1CCCCC1)C1CCCCC1. The van der Waals surface area contributed by atoms with Crippen LogP contribution in [0.1, 0.15) is 91.9 Å². The Bertz CT molecular complexity index is 202. The monoisotopic (exact) mass is 302 g/mol. The summed E-state index contributed by atoms with van der Waals surface area (Å²) in [6.45, 7) is 14.8. The van der Waals surface area contributed by atoms with E-state index in [0.717, 1.165) is 11.3 Å². The van der Waals surface area contributed by atoms with E-state index < -0.39 is 6.60 Å². The van der Waals surface area contributed by atoms with Crippen LogP contribution in [0.3, 0.4) is 0 Å². The van der Waals surface area contributed by atoms with E-state index in [9.17, 15) is 0 Å². The molecule has 2 aliphatic carbocycles. The Balaban J connectivity index is 0.000000829. The van der Waals surface area contributed by atoms with Crippen molar-refractivity contribution < 1.29 is 0 Å². The van der Waals surface area contributed by atoms with Crippen LogP contribution in [0.2, 0.25) is 0 Å². The summed E-state index contributed by atoms with van der Waals surface area (Å²) in [4.78, 5) is 0. The third-order valence-corrected chi connectivity index (χ3v) is 12.0. The van der Waals surface area contributed by atoms with E-state index in [1.54, 1.807) is 25.7 Å². The predicted octanol–water partition coefficient (Wildman–Crippen LogP) is 7.15. The van der Waals surface area contributed by atoms with Crippen LogP contribution in [0.5, 0.6) is 0 Å². The first-order valence-electron chi connectivity index (χ1n) is 9.49. The van der Waals surface area contributed by atoms with Crippen LogP contribution in [-0.4, -0.2) is 31.3 Å². The molecule has 2 saturated carbocycles. The third kappa shape index (κ3) is 5.32. The second kappa shape index (κ2) is 9.45. The molecule has 0 amide bonds. The van der Waals surface area contributed by atoms with E-state index in [1.807, 2.05) is 27.7 Å². The van der Waals surface area contributed by atoms with Crippen molar-refractivity contribution in [3.8, 4) is 0 Å². The fraction of sp³-hybridized carbons (Fsp3) is 1.00. The zero-order chi connectivity index (χ0) is 15.7. The summed E-state index contributed by atoms with van der Waals surface area (Å²) in [5.41, 5.74) is 2.23. The van der Waals surface area contributed by atoms with Crippen molar-refractivity contribution in [2.75, 3.05) is 20.0 Å². The number of hydrogen-bond acceptors (Lipinski definition) is 0. The van der Waals surface area contributed by atoms with E-state index >= 15 is 0 Å². The van der Waals surface area contributed by atoms with Crippen LogP contribution in [0.15, 0.2) is 0 Å². The van der Waals surface area contributed by atoms with Gasteiger partial charge in [0, 0.05) is 0 Å². The average molecular weight is 303 g/mol. The van der Waals surface area contributed by atoms with Crippen LogP contribution >= 0.6 is 6.60 Å². The molecule has 0 aromatic carbocycles. The zero-order valence-electron chi connectivity index (χ0n) is 15.7. The Morgan fingerprint density at radius 1 is 0.500 bits per heavy atom. The van der Waals surface area contributed by atoms with Crippen molar-refractivity contribution in [1.82, 2.24) is 0 Å². The van der Waals surface area contributed by atoms with Gasteiger partial charge in [0.2, 0.25) is 0 Å². The first-order valence-corrected chi connectivity index (χ1v) is 13.2. The van der Waals surface area contributed by atoms with Crippen LogP contribution < -0.4 is 0 Å². The summed E-state index contributed by atoms with van der Waals surface area (Å²) in [5, 5.41) is 0. The van der Waals surface area contributed by atoms with E-state index in [4.69, 9.17) is 0 Å². The normalized spacial score (nSPS) is 23.4. The van der Waals surface area contributed by atoms with E-state index in [-0.39, 0.29) is 0 Å². The van der Waals surface area contributed by atoms with Crippen molar-refractivity contribution >= 4 is 6.60 Å². The molecule has 0 nitrogen and oxygen atoms in total. The molecule has 0 bridgehead atoms. The van der Waals surface area contributed by atoms with Gasteiger partial charge in [-0.05, 0) is 0 Å². The Morgan fingerprint density at radius 3 is 1.00 bits per heavy atom. The quantitative estimate of drug-likeness (QED) is 0.475. The van der Waals surface area contributed by atoms with Gasteiger partial charge in [-0.2, -0.15) is 0 Å². The van der Waals surface area contributed by atoms with Gasteiger partial charge in [-0.15, -0.1) is 0 Å². The van der Waals surface area contributed by atoms with Crippen molar-refractivity contribution in [2.45, 2.75) is 103 Å². The molecule has 0 heterocycles. The second-order valence-corrected chi connectivity index (χ2v) is 15.2. The molecule has 124 valence electrons. The number of hydrogen-bond donors (Lipinski definition) is 0. The molecule has 0 aliphatic heterocycles. The summed E-state index contributed by atoms with van der Waals surface area (Å²) < 4.78 is 0. The molecule has 2 rings (SSSR count). The van der Waals surface area contributed by atoms with Crippen LogP contribution in [0, 0.1) is 0 Å². The van der Waals surface area contributed by atoms with Gasteiger partial charge in [-0.3, -0.25) is 0 Å². The summed E-state index contributed by atoms with van der Waals surface area (Å²) >= 11 is 0. The summed E-state index contributed by atoms with van der Waals surface area (Å²) in [6, 6.07) is 0. The minimum atomic E-state index is -1.38. The van der Waals surface area contributed by atoms with Gasteiger partial charge in [0.25, 0.3) is 0 Å². The molecule has 2 fully saturated rings. The van der Waals surface area contributed by atoms with Crippen molar-refractivity contribution in [3.63, 3.8) is 0 Å². The van der Waals surface area contributed by atoms with Gasteiger partial charge in [0.05, 0.1) is 0 Å². The molecule has 0 atom stereocenters. The molecule has 0 aromatic rings. The van der Waals surface area contributed by atoms with Crippen molar-refractivity contribution in [3.05, 3.63) is 0 Å². The standard InChI is InChI=1S/C15H31P.2C2H6/c1-16(2,3,14-10-6-4-7-11-14)15-12-8-5-9-13-15;2*1-2/h14-15H,4-13H2,1-3H3;2*1-2H3. The van der Waals surface area contributed by atoms with Crippen LogP contribution in [-0.2, 0) is 0 Å². The Labute approximate surface area is 130 Å². The molecule has 0 N–H and O–H groups in total. The molecule has 0 saturated heterocycles. The number of rotatable bonds is 2. The van der Waals surface area contributed by atoms with E-state index in [0.29, 0.717) is 0 Å². The van der Waals surface area contributed by atoms with Gasteiger partial charge in [0.15, 0.2) is 0 Å². The molecule has 0 aromatic heterocycles. The van der Waals surface area contributed by atoms with Gasteiger partial charge in [-0.25, -0.2) is 0 Å². The van der Waals surface area contributed by atoms with Gasteiger partial charge < -0.3 is 0 Å². The first-order chi connectivity index (χ1) is 9.49. The van der Waals surface area contributed by atoms with Crippen molar-refractivity contribution in [2.24, 2.45) is 0 Å². The van der Waals surface area contributed by atoms with Crippen LogP contribution in [0.4, 0.5) is 0 Å². The maximum absolute atomic E-state index is 2.72. The molecule has 0 spiro atoms. The second-order valence-electron chi connectivity index (χ2n) is 7.62. The zero-order valence-corrected chi connectivity index (χ0v) is 16.6. The molecule has 0 radical (unpaired) electrons. The third-order valence-electron chi connectivity index (χ3n) is 5.76. The Morgan fingerprint density at radius 2 is 0.750 bits per heavy atom. The van der Waals surface area contributed by atoms with Crippen LogP contribution in [0.25, 0.3) is 0 Å². The molecule has 0 unspecified atom stereocenters. The van der Waals surface area contributed by atoms with Crippen molar-refractivity contribution in [1.29, 1.82) is 0 Å². The molecule has 1 heteroatoms. The summed E-state index contributed by atoms with van der Waals surface area (Å²) in [7, 11) is 0. The minimum absolute atomic E-state index is 1.11. The fourth-order valence-electron chi connectivity index (χ4n) is 4.31. The van der Waals surface area contributed by atoms with E-state index in [2.05, 4.69) is 20.0 Å². The Kier molecular flexibility index (Phi) is 9.65. The van der Waals surface area contributed by atoms with Gasteiger partial charge in [0.1, 0.15) is 0 Å². The predicted molar refractivity (Wildman–Crippen MR) is 101 cm³/mol. The van der Waals surface area contributed by atoms with Gasteiger partial charge >= 0.3 is 102 Å². The molecular formula is C19H43P. The molecular weight excluding hydrogens is 259 g/mol.